The topological polar surface area (TPSA) is 43.1 Å². The molecule has 0 unspecified atom stereocenters. The molecule has 2 aromatic carbocycles. The van der Waals surface area contributed by atoms with Gasteiger partial charge in [-0.1, -0.05) is 24.3 Å². The van der Waals surface area contributed by atoms with Crippen LogP contribution in [-0.2, 0) is 0 Å². The molecule has 70 valence electrons. The van der Waals surface area contributed by atoms with Crippen LogP contribution in [0, 0.1) is 6.92 Å². The van der Waals surface area contributed by atoms with E-state index in [-0.39, 0.29) is 0 Å². The summed E-state index contributed by atoms with van der Waals surface area (Å²) in [5.74, 6) is 0. The summed E-state index contributed by atoms with van der Waals surface area (Å²) < 4.78 is 0. The minimum absolute atomic E-state index is 0.726. The molecule has 2 N–H and O–H groups in total. The molecule has 0 fully saturated rings. The van der Waals surface area contributed by atoms with Crippen LogP contribution < -0.4 is 5.73 Å². The molecule has 2 aromatic rings. The maximum atomic E-state index is 10.9. The zero-order valence-electron chi connectivity index (χ0n) is 7.95. The number of rotatable bonds is 1. The van der Waals surface area contributed by atoms with Gasteiger partial charge in [-0.3, -0.25) is 4.79 Å². The van der Waals surface area contributed by atoms with Crippen LogP contribution in [0.1, 0.15) is 15.9 Å². The summed E-state index contributed by atoms with van der Waals surface area (Å²) in [6.45, 7) is 1.90. The molecule has 0 saturated heterocycles. The fraction of sp³-hybridized carbons (Fsp3) is 0.0833. The van der Waals surface area contributed by atoms with Crippen molar-refractivity contribution in [3.8, 4) is 0 Å². The van der Waals surface area contributed by atoms with Crippen molar-refractivity contribution >= 4 is 22.7 Å². The minimum atomic E-state index is 0.726. The largest absolute Gasteiger partial charge is 0.398 e. The predicted octanol–water partition coefficient (Wildman–Crippen LogP) is 2.54. The Bertz CT molecular complexity index is 503. The van der Waals surface area contributed by atoms with E-state index >= 15 is 0 Å². The molecule has 0 saturated carbocycles. The number of hydrogen-bond acceptors (Lipinski definition) is 2. The fourth-order valence-corrected chi connectivity index (χ4v) is 1.73. The summed E-state index contributed by atoms with van der Waals surface area (Å²) >= 11 is 0. The van der Waals surface area contributed by atoms with E-state index in [1.807, 2.05) is 37.3 Å². The number of benzene rings is 2. The number of aldehydes is 1. The van der Waals surface area contributed by atoms with Crippen molar-refractivity contribution in [1.82, 2.24) is 0 Å². The Balaban J connectivity index is 2.97. The molecule has 0 aliphatic rings. The third-order valence-electron chi connectivity index (χ3n) is 2.44. The van der Waals surface area contributed by atoms with Gasteiger partial charge in [-0.05, 0) is 23.9 Å². The monoisotopic (exact) mass is 185 g/mol. The third-order valence-corrected chi connectivity index (χ3v) is 2.44. The van der Waals surface area contributed by atoms with Crippen LogP contribution in [0.25, 0.3) is 10.8 Å². The molecule has 0 aliphatic carbocycles. The molecule has 0 bridgehead atoms. The molecule has 2 rings (SSSR count). The molecular weight excluding hydrogens is 174 g/mol. The lowest BCUT2D eigenvalue weighted by Crippen LogP contribution is -1.94. The standard InChI is InChI=1S/C12H11NO/c1-8-6-12(13)10-5-3-2-4-9(10)11(8)7-14/h2-7H,13H2,1H3. The first-order chi connectivity index (χ1) is 6.74. The number of nitrogens with two attached hydrogens (primary N) is 1. The number of anilines is 1. The molecule has 0 amide bonds. The van der Waals surface area contributed by atoms with E-state index in [0.29, 0.717) is 0 Å². The molecule has 14 heavy (non-hydrogen) atoms. The lowest BCUT2D eigenvalue weighted by Gasteiger charge is -2.07. The van der Waals surface area contributed by atoms with Crippen LogP contribution in [0.15, 0.2) is 30.3 Å². The van der Waals surface area contributed by atoms with Crippen LogP contribution >= 0.6 is 0 Å². The Morgan fingerprint density at radius 3 is 2.50 bits per heavy atom. The van der Waals surface area contributed by atoms with Crippen LogP contribution in [-0.4, -0.2) is 6.29 Å². The summed E-state index contributed by atoms with van der Waals surface area (Å²) in [5, 5.41) is 1.88. The van der Waals surface area contributed by atoms with Gasteiger partial charge in [0.15, 0.2) is 6.29 Å². The highest BCUT2D eigenvalue weighted by Gasteiger charge is 2.05. The van der Waals surface area contributed by atoms with Crippen LogP contribution in [0.3, 0.4) is 0 Å². The number of fused-ring (bicyclic) bond motifs is 1. The predicted molar refractivity (Wildman–Crippen MR) is 58.5 cm³/mol. The third kappa shape index (κ3) is 1.16. The molecule has 0 radical (unpaired) electrons. The summed E-state index contributed by atoms with van der Waals surface area (Å²) in [6, 6.07) is 9.52. The van der Waals surface area contributed by atoms with Gasteiger partial charge in [0.1, 0.15) is 0 Å². The highest BCUT2D eigenvalue weighted by molar-refractivity contribution is 6.04. The van der Waals surface area contributed by atoms with Crippen LogP contribution in [0.4, 0.5) is 5.69 Å². The Labute approximate surface area is 82.3 Å². The molecular formula is C12H11NO. The minimum Gasteiger partial charge on any atom is -0.398 e. The van der Waals surface area contributed by atoms with E-state index in [2.05, 4.69) is 0 Å². The number of carbonyl (C=O) groups excluding carboxylic acids is 1. The Hall–Kier alpha value is -1.83. The van der Waals surface area contributed by atoms with Gasteiger partial charge >= 0.3 is 0 Å². The van der Waals surface area contributed by atoms with Crippen molar-refractivity contribution in [2.75, 3.05) is 5.73 Å². The number of hydrogen-bond donors (Lipinski definition) is 1. The summed E-state index contributed by atoms with van der Waals surface area (Å²) in [4.78, 5) is 10.9. The number of aryl methyl sites for hydroxylation is 1. The Morgan fingerprint density at radius 1 is 1.21 bits per heavy atom. The highest BCUT2D eigenvalue weighted by Crippen LogP contribution is 2.26. The van der Waals surface area contributed by atoms with Crippen molar-refractivity contribution < 1.29 is 4.79 Å². The van der Waals surface area contributed by atoms with Gasteiger partial charge in [-0.25, -0.2) is 0 Å². The summed E-state index contributed by atoms with van der Waals surface area (Å²) in [6.07, 6.45) is 0.886. The SMILES string of the molecule is Cc1cc(N)c2ccccc2c1C=O. The second-order valence-electron chi connectivity index (χ2n) is 3.36. The molecule has 2 heteroatoms. The van der Waals surface area contributed by atoms with Crippen molar-refractivity contribution in [2.45, 2.75) is 6.92 Å². The van der Waals surface area contributed by atoms with Gasteiger partial charge in [0, 0.05) is 16.6 Å². The lowest BCUT2D eigenvalue weighted by atomic mass is 9.99. The first-order valence-electron chi connectivity index (χ1n) is 4.47. The average Bonchev–Trinajstić information content (AvgIpc) is 2.18. The molecule has 0 spiro atoms. The van der Waals surface area contributed by atoms with Crippen molar-refractivity contribution in [2.24, 2.45) is 0 Å². The first-order valence-corrected chi connectivity index (χ1v) is 4.47. The molecule has 0 aromatic heterocycles. The summed E-state index contributed by atoms with van der Waals surface area (Å²) in [5.41, 5.74) is 8.25. The van der Waals surface area contributed by atoms with E-state index in [4.69, 9.17) is 5.73 Å². The quantitative estimate of drug-likeness (QED) is 0.548. The van der Waals surface area contributed by atoms with Gasteiger partial charge in [-0.15, -0.1) is 0 Å². The number of nitrogen functional groups attached to an aromatic ring is 1. The van der Waals surface area contributed by atoms with E-state index in [1.54, 1.807) is 0 Å². The molecule has 0 aliphatic heterocycles. The maximum Gasteiger partial charge on any atom is 0.150 e. The van der Waals surface area contributed by atoms with Crippen LogP contribution in [0.5, 0.6) is 0 Å². The van der Waals surface area contributed by atoms with E-state index in [0.717, 1.165) is 33.9 Å². The lowest BCUT2D eigenvalue weighted by molar-refractivity contribution is 0.112. The summed E-state index contributed by atoms with van der Waals surface area (Å²) in [7, 11) is 0. The van der Waals surface area contributed by atoms with Gasteiger partial charge in [0.2, 0.25) is 0 Å². The second kappa shape index (κ2) is 3.14. The normalized spacial score (nSPS) is 10.4. The first kappa shape index (κ1) is 8.75. The van der Waals surface area contributed by atoms with Gasteiger partial charge in [0.05, 0.1) is 0 Å². The molecule has 0 heterocycles. The van der Waals surface area contributed by atoms with Gasteiger partial charge < -0.3 is 5.73 Å². The Morgan fingerprint density at radius 2 is 1.86 bits per heavy atom. The maximum absolute atomic E-state index is 10.9. The fourth-order valence-electron chi connectivity index (χ4n) is 1.73. The van der Waals surface area contributed by atoms with Crippen molar-refractivity contribution in [1.29, 1.82) is 0 Å². The zero-order chi connectivity index (χ0) is 10.1. The van der Waals surface area contributed by atoms with Crippen molar-refractivity contribution in [3.63, 3.8) is 0 Å². The highest BCUT2D eigenvalue weighted by atomic mass is 16.1. The molecule has 2 nitrogen and oxygen atoms in total. The van der Waals surface area contributed by atoms with E-state index in [1.165, 1.54) is 0 Å². The Kier molecular flexibility index (Phi) is 1.97. The average molecular weight is 185 g/mol. The number of carbonyl (C=O) groups is 1. The van der Waals surface area contributed by atoms with E-state index in [9.17, 15) is 4.79 Å². The molecule has 0 atom stereocenters. The smallest absolute Gasteiger partial charge is 0.150 e. The van der Waals surface area contributed by atoms with Crippen LogP contribution in [0.2, 0.25) is 0 Å². The zero-order valence-corrected chi connectivity index (χ0v) is 7.95. The van der Waals surface area contributed by atoms with Gasteiger partial charge in [-0.2, -0.15) is 0 Å². The van der Waals surface area contributed by atoms with E-state index < -0.39 is 0 Å². The van der Waals surface area contributed by atoms with Gasteiger partial charge in [0.25, 0.3) is 0 Å². The second-order valence-corrected chi connectivity index (χ2v) is 3.36. The van der Waals surface area contributed by atoms with Crippen molar-refractivity contribution in [3.05, 3.63) is 41.5 Å².